The Balaban J connectivity index is 1.81. The minimum atomic E-state index is -0.843. The molecule has 1 fully saturated rings. The van der Waals surface area contributed by atoms with E-state index in [2.05, 4.69) is 17.0 Å². The fourth-order valence-electron chi connectivity index (χ4n) is 2.65. The highest BCUT2D eigenvalue weighted by Gasteiger charge is 2.23. The molecule has 2 rings (SSSR count). The minimum Gasteiger partial charge on any atom is -0.481 e. The summed E-state index contributed by atoms with van der Waals surface area (Å²) in [5.74, 6) is -0.886. The summed E-state index contributed by atoms with van der Waals surface area (Å²) in [6, 6.07) is 10.2. The molecule has 1 heterocycles. The summed E-state index contributed by atoms with van der Waals surface area (Å²) in [4.78, 5) is 26.9. The summed E-state index contributed by atoms with van der Waals surface area (Å²) >= 11 is 0. The van der Waals surface area contributed by atoms with Gasteiger partial charge in [-0.2, -0.15) is 0 Å². The number of hydrogen-bond acceptors (Lipinski definition) is 3. The Labute approximate surface area is 125 Å². The number of piperazine rings is 1. The first-order valence-corrected chi connectivity index (χ1v) is 7.36. The monoisotopic (exact) mass is 290 g/mol. The summed E-state index contributed by atoms with van der Waals surface area (Å²) in [6.07, 6.45) is 0.368. The zero-order chi connectivity index (χ0) is 15.2. The van der Waals surface area contributed by atoms with E-state index in [0.717, 1.165) is 13.1 Å². The molecule has 1 aromatic carbocycles. The Morgan fingerprint density at radius 3 is 2.29 bits per heavy atom. The van der Waals surface area contributed by atoms with Gasteiger partial charge in [-0.1, -0.05) is 25.1 Å². The van der Waals surface area contributed by atoms with E-state index < -0.39 is 5.97 Å². The van der Waals surface area contributed by atoms with Crippen LogP contribution in [0.3, 0.4) is 0 Å². The summed E-state index contributed by atoms with van der Waals surface area (Å²) in [7, 11) is 0. The Kier molecular flexibility index (Phi) is 5.20. The standard InChI is InChI=1S/C16H22N2O3/c1-13(12-16(20)21)11-15(19)18-9-7-17(8-10-18)14-5-3-2-4-6-14/h2-6,13H,7-12H2,1H3,(H,20,21)/t13-/m0/s1. The van der Waals surface area contributed by atoms with Crippen molar-refractivity contribution in [3.05, 3.63) is 30.3 Å². The third-order valence-electron chi connectivity index (χ3n) is 3.80. The smallest absolute Gasteiger partial charge is 0.303 e. The predicted molar refractivity (Wildman–Crippen MR) is 81.3 cm³/mol. The van der Waals surface area contributed by atoms with Gasteiger partial charge in [-0.25, -0.2) is 0 Å². The van der Waals surface area contributed by atoms with Gasteiger partial charge in [0, 0.05) is 44.7 Å². The van der Waals surface area contributed by atoms with Gasteiger partial charge in [0.15, 0.2) is 0 Å². The maximum absolute atomic E-state index is 12.1. The number of anilines is 1. The molecule has 1 N–H and O–H groups in total. The van der Waals surface area contributed by atoms with Gasteiger partial charge in [-0.3, -0.25) is 9.59 Å². The molecule has 0 spiro atoms. The van der Waals surface area contributed by atoms with E-state index >= 15 is 0 Å². The molecule has 1 aliphatic heterocycles. The molecule has 5 nitrogen and oxygen atoms in total. The van der Waals surface area contributed by atoms with Gasteiger partial charge in [-0.05, 0) is 18.1 Å². The van der Waals surface area contributed by atoms with Gasteiger partial charge >= 0.3 is 5.97 Å². The van der Waals surface area contributed by atoms with Crippen molar-refractivity contribution >= 4 is 17.6 Å². The highest BCUT2D eigenvalue weighted by atomic mass is 16.4. The Hall–Kier alpha value is -2.04. The lowest BCUT2D eigenvalue weighted by Crippen LogP contribution is -2.49. The van der Waals surface area contributed by atoms with Crippen LogP contribution in [0.2, 0.25) is 0 Å². The lowest BCUT2D eigenvalue weighted by Gasteiger charge is -2.36. The maximum Gasteiger partial charge on any atom is 0.303 e. The minimum absolute atomic E-state index is 0.0513. The molecule has 1 atom stereocenters. The van der Waals surface area contributed by atoms with Gasteiger partial charge in [0.05, 0.1) is 0 Å². The van der Waals surface area contributed by atoms with Gasteiger partial charge in [0.25, 0.3) is 0 Å². The van der Waals surface area contributed by atoms with E-state index in [4.69, 9.17) is 5.11 Å². The fraction of sp³-hybridized carbons (Fsp3) is 0.500. The number of para-hydroxylation sites is 1. The molecule has 21 heavy (non-hydrogen) atoms. The Bertz CT molecular complexity index is 482. The van der Waals surface area contributed by atoms with E-state index in [-0.39, 0.29) is 18.2 Å². The lowest BCUT2D eigenvalue weighted by molar-refractivity contribution is -0.138. The van der Waals surface area contributed by atoms with Crippen LogP contribution in [0, 0.1) is 5.92 Å². The van der Waals surface area contributed by atoms with E-state index in [1.807, 2.05) is 30.0 Å². The topological polar surface area (TPSA) is 60.9 Å². The molecule has 1 amide bonds. The lowest BCUT2D eigenvalue weighted by atomic mass is 10.0. The molecule has 0 aromatic heterocycles. The SMILES string of the molecule is C[C@H](CC(=O)O)CC(=O)N1CCN(c2ccccc2)CC1. The van der Waals surface area contributed by atoms with Crippen molar-refractivity contribution < 1.29 is 14.7 Å². The van der Waals surface area contributed by atoms with Crippen molar-refractivity contribution in [3.8, 4) is 0 Å². The van der Waals surface area contributed by atoms with Crippen LogP contribution in [0.25, 0.3) is 0 Å². The zero-order valence-electron chi connectivity index (χ0n) is 12.4. The van der Waals surface area contributed by atoms with Crippen molar-refractivity contribution in [2.75, 3.05) is 31.1 Å². The second kappa shape index (κ2) is 7.11. The van der Waals surface area contributed by atoms with Crippen LogP contribution in [-0.4, -0.2) is 48.1 Å². The number of benzene rings is 1. The zero-order valence-corrected chi connectivity index (χ0v) is 12.4. The first-order valence-electron chi connectivity index (χ1n) is 7.36. The van der Waals surface area contributed by atoms with Crippen molar-refractivity contribution in [2.24, 2.45) is 5.92 Å². The molecule has 0 unspecified atom stereocenters. The summed E-state index contributed by atoms with van der Waals surface area (Å²) in [5, 5.41) is 8.74. The third kappa shape index (κ3) is 4.48. The summed E-state index contributed by atoms with van der Waals surface area (Å²) < 4.78 is 0. The van der Waals surface area contributed by atoms with Crippen LogP contribution in [-0.2, 0) is 9.59 Å². The second-order valence-corrected chi connectivity index (χ2v) is 5.61. The molecule has 1 saturated heterocycles. The van der Waals surface area contributed by atoms with Crippen molar-refractivity contribution in [1.82, 2.24) is 4.90 Å². The maximum atomic E-state index is 12.1. The third-order valence-corrected chi connectivity index (χ3v) is 3.80. The average molecular weight is 290 g/mol. The van der Waals surface area contributed by atoms with E-state index in [9.17, 15) is 9.59 Å². The molecule has 0 radical (unpaired) electrons. The molecular formula is C16H22N2O3. The van der Waals surface area contributed by atoms with Gasteiger partial charge in [0.1, 0.15) is 0 Å². The number of carbonyl (C=O) groups excluding carboxylic acids is 1. The molecule has 0 aliphatic carbocycles. The average Bonchev–Trinajstić information content (AvgIpc) is 2.47. The van der Waals surface area contributed by atoms with Crippen LogP contribution < -0.4 is 4.90 Å². The molecule has 5 heteroatoms. The molecular weight excluding hydrogens is 268 g/mol. The Morgan fingerprint density at radius 1 is 1.10 bits per heavy atom. The number of carboxylic acid groups (broad SMARTS) is 1. The predicted octanol–water partition coefficient (Wildman–Crippen LogP) is 1.84. The molecule has 114 valence electrons. The quantitative estimate of drug-likeness (QED) is 0.899. The molecule has 1 aromatic rings. The number of hydrogen-bond donors (Lipinski definition) is 1. The molecule has 1 aliphatic rings. The molecule has 0 saturated carbocycles. The van der Waals surface area contributed by atoms with Gasteiger partial charge < -0.3 is 14.9 Å². The first kappa shape index (κ1) is 15.4. The van der Waals surface area contributed by atoms with Crippen molar-refractivity contribution in [3.63, 3.8) is 0 Å². The Morgan fingerprint density at radius 2 is 1.71 bits per heavy atom. The summed E-state index contributed by atoms with van der Waals surface area (Å²) in [5.41, 5.74) is 1.18. The fourth-order valence-corrected chi connectivity index (χ4v) is 2.65. The van der Waals surface area contributed by atoms with Crippen LogP contribution in [0.5, 0.6) is 0 Å². The van der Waals surface area contributed by atoms with E-state index in [1.165, 1.54) is 5.69 Å². The number of carboxylic acids is 1. The first-order chi connectivity index (χ1) is 10.1. The van der Waals surface area contributed by atoms with Gasteiger partial charge in [0.2, 0.25) is 5.91 Å². The highest BCUT2D eigenvalue weighted by molar-refractivity contribution is 5.77. The van der Waals surface area contributed by atoms with E-state index in [0.29, 0.717) is 19.5 Å². The van der Waals surface area contributed by atoms with Crippen molar-refractivity contribution in [2.45, 2.75) is 19.8 Å². The highest BCUT2D eigenvalue weighted by Crippen LogP contribution is 2.17. The van der Waals surface area contributed by atoms with Crippen molar-refractivity contribution in [1.29, 1.82) is 0 Å². The number of rotatable bonds is 5. The van der Waals surface area contributed by atoms with Crippen LogP contribution in [0.4, 0.5) is 5.69 Å². The van der Waals surface area contributed by atoms with Crippen LogP contribution in [0.1, 0.15) is 19.8 Å². The number of nitrogens with zero attached hydrogens (tertiary/aromatic N) is 2. The molecule has 0 bridgehead atoms. The largest absolute Gasteiger partial charge is 0.481 e. The summed E-state index contributed by atoms with van der Waals surface area (Å²) in [6.45, 7) is 4.86. The van der Waals surface area contributed by atoms with Crippen LogP contribution in [0.15, 0.2) is 30.3 Å². The second-order valence-electron chi connectivity index (χ2n) is 5.61. The number of carbonyl (C=O) groups is 2. The van der Waals surface area contributed by atoms with E-state index in [1.54, 1.807) is 0 Å². The number of amides is 1. The van der Waals surface area contributed by atoms with Crippen LogP contribution >= 0.6 is 0 Å². The number of aliphatic carboxylic acids is 1. The van der Waals surface area contributed by atoms with Gasteiger partial charge in [-0.15, -0.1) is 0 Å². The normalized spacial score (nSPS) is 16.6.